The molecular weight excluding hydrogens is 306 g/mol. The average molecular weight is 325 g/mol. The molecule has 0 unspecified atom stereocenters. The summed E-state index contributed by atoms with van der Waals surface area (Å²) in [6.45, 7) is 5.35. The fourth-order valence-electron chi connectivity index (χ4n) is 1.90. The van der Waals surface area contributed by atoms with Crippen molar-refractivity contribution in [3.05, 3.63) is 29.8 Å². The fourth-order valence-corrected chi connectivity index (χ4v) is 1.90. The summed E-state index contributed by atoms with van der Waals surface area (Å²) in [7, 11) is 0. The molecule has 20 heavy (non-hydrogen) atoms. The molecule has 1 aromatic heterocycles. The number of nitrogens with one attached hydrogen (secondary N) is 2. The number of pyridine rings is 1. The first-order chi connectivity index (χ1) is 8.75. The molecule has 1 fully saturated rings. The van der Waals surface area contributed by atoms with Crippen LogP contribution >= 0.6 is 24.8 Å². The lowest BCUT2D eigenvalue weighted by Gasteiger charge is -2.27. The molecular formula is C12H19Cl2FN4O. The summed E-state index contributed by atoms with van der Waals surface area (Å²) >= 11 is 0. The summed E-state index contributed by atoms with van der Waals surface area (Å²) in [4.78, 5) is 17.6. The molecule has 1 aliphatic rings. The van der Waals surface area contributed by atoms with Crippen molar-refractivity contribution in [3.63, 3.8) is 0 Å². The van der Waals surface area contributed by atoms with E-state index in [1.165, 1.54) is 12.3 Å². The predicted octanol–water partition coefficient (Wildman–Crippen LogP) is 0.699. The van der Waals surface area contributed by atoms with Gasteiger partial charge in [0.1, 0.15) is 5.82 Å². The second-order valence-corrected chi connectivity index (χ2v) is 4.24. The number of piperazine rings is 1. The van der Waals surface area contributed by atoms with Crippen molar-refractivity contribution in [2.45, 2.75) is 0 Å². The Balaban J connectivity index is 0.00000180. The number of aromatic nitrogens is 1. The van der Waals surface area contributed by atoms with Crippen molar-refractivity contribution in [1.29, 1.82) is 0 Å². The first-order valence-corrected chi connectivity index (χ1v) is 6.07. The number of halogens is 3. The third kappa shape index (κ3) is 6.00. The number of carbonyl (C=O) groups is 1. The quantitative estimate of drug-likeness (QED) is 0.856. The van der Waals surface area contributed by atoms with Crippen LogP contribution in [0.3, 0.4) is 0 Å². The molecule has 2 heterocycles. The van der Waals surface area contributed by atoms with Crippen molar-refractivity contribution in [2.24, 2.45) is 0 Å². The van der Waals surface area contributed by atoms with Crippen LogP contribution in [0, 0.1) is 5.82 Å². The van der Waals surface area contributed by atoms with Gasteiger partial charge in [-0.3, -0.25) is 14.7 Å². The van der Waals surface area contributed by atoms with Gasteiger partial charge < -0.3 is 10.6 Å². The maximum Gasteiger partial charge on any atom is 0.252 e. The molecule has 1 amide bonds. The van der Waals surface area contributed by atoms with Crippen LogP contribution in [0.2, 0.25) is 0 Å². The summed E-state index contributed by atoms with van der Waals surface area (Å²) in [6.07, 6.45) is 2.45. The van der Waals surface area contributed by atoms with Crippen LogP contribution in [-0.4, -0.2) is 55.1 Å². The van der Waals surface area contributed by atoms with E-state index in [4.69, 9.17) is 0 Å². The van der Waals surface area contributed by atoms with E-state index in [-0.39, 0.29) is 36.3 Å². The molecule has 0 bridgehead atoms. The van der Waals surface area contributed by atoms with E-state index in [0.717, 1.165) is 38.9 Å². The number of carbonyl (C=O) groups excluding carboxylic acids is 1. The van der Waals surface area contributed by atoms with E-state index in [1.54, 1.807) is 0 Å². The monoisotopic (exact) mass is 324 g/mol. The van der Waals surface area contributed by atoms with Crippen LogP contribution in [0.5, 0.6) is 0 Å². The van der Waals surface area contributed by atoms with Crippen molar-refractivity contribution < 1.29 is 9.18 Å². The molecule has 0 radical (unpaired) electrons. The molecule has 5 nitrogen and oxygen atoms in total. The van der Waals surface area contributed by atoms with Gasteiger partial charge in [0.05, 0.1) is 11.8 Å². The van der Waals surface area contributed by atoms with E-state index in [0.29, 0.717) is 6.54 Å². The molecule has 0 atom stereocenters. The number of hydrogen-bond donors (Lipinski definition) is 2. The summed E-state index contributed by atoms with van der Waals surface area (Å²) in [5.41, 5.74) is 0.260. The van der Waals surface area contributed by atoms with E-state index in [1.807, 2.05) is 0 Å². The van der Waals surface area contributed by atoms with Gasteiger partial charge in [0.25, 0.3) is 5.91 Å². The minimum Gasteiger partial charge on any atom is -0.351 e. The molecule has 2 N–H and O–H groups in total. The Morgan fingerprint density at radius 1 is 1.35 bits per heavy atom. The summed E-state index contributed by atoms with van der Waals surface area (Å²) in [5.74, 6) is -0.776. The SMILES string of the molecule is Cl.Cl.O=C(NCCN1CCNCC1)c1cncc(F)c1. The van der Waals surface area contributed by atoms with Crippen LogP contribution in [0.4, 0.5) is 4.39 Å². The minimum absolute atomic E-state index is 0. The first kappa shape index (κ1) is 19.1. The topological polar surface area (TPSA) is 57.3 Å². The number of hydrogen-bond acceptors (Lipinski definition) is 4. The van der Waals surface area contributed by atoms with Gasteiger partial charge in [-0.25, -0.2) is 4.39 Å². The molecule has 0 aliphatic carbocycles. The second kappa shape index (κ2) is 9.88. The van der Waals surface area contributed by atoms with Gasteiger partial charge in [-0.05, 0) is 6.07 Å². The molecule has 1 saturated heterocycles. The third-order valence-corrected chi connectivity index (χ3v) is 2.89. The van der Waals surface area contributed by atoms with Crippen molar-refractivity contribution in [2.75, 3.05) is 39.3 Å². The molecule has 0 saturated carbocycles. The highest BCUT2D eigenvalue weighted by Crippen LogP contribution is 2.00. The molecule has 0 aromatic carbocycles. The maximum atomic E-state index is 12.9. The second-order valence-electron chi connectivity index (χ2n) is 4.24. The highest BCUT2D eigenvalue weighted by molar-refractivity contribution is 5.93. The van der Waals surface area contributed by atoms with E-state index in [9.17, 15) is 9.18 Å². The predicted molar refractivity (Wildman–Crippen MR) is 80.3 cm³/mol. The van der Waals surface area contributed by atoms with Crippen LogP contribution in [-0.2, 0) is 0 Å². The van der Waals surface area contributed by atoms with Gasteiger partial charge in [0.15, 0.2) is 0 Å². The van der Waals surface area contributed by atoms with Crippen LogP contribution in [0.15, 0.2) is 18.5 Å². The Morgan fingerprint density at radius 3 is 2.70 bits per heavy atom. The lowest BCUT2D eigenvalue weighted by Crippen LogP contribution is -2.46. The molecule has 1 aliphatic heterocycles. The van der Waals surface area contributed by atoms with E-state index < -0.39 is 5.82 Å². The molecule has 2 rings (SSSR count). The van der Waals surface area contributed by atoms with E-state index in [2.05, 4.69) is 20.5 Å². The Hall–Kier alpha value is -0.950. The van der Waals surface area contributed by atoms with Crippen molar-refractivity contribution in [1.82, 2.24) is 20.5 Å². The van der Waals surface area contributed by atoms with Crippen molar-refractivity contribution >= 4 is 30.7 Å². The average Bonchev–Trinajstić information content (AvgIpc) is 2.40. The number of amides is 1. The van der Waals surface area contributed by atoms with Gasteiger partial charge in [0, 0.05) is 45.5 Å². The van der Waals surface area contributed by atoms with Gasteiger partial charge in [-0.1, -0.05) is 0 Å². The first-order valence-electron chi connectivity index (χ1n) is 6.07. The van der Waals surface area contributed by atoms with Gasteiger partial charge in [-0.2, -0.15) is 0 Å². The summed E-state index contributed by atoms with van der Waals surface area (Å²) < 4.78 is 12.9. The molecule has 1 aromatic rings. The molecule has 0 spiro atoms. The normalized spacial score (nSPS) is 14.8. The maximum absolute atomic E-state index is 12.9. The van der Waals surface area contributed by atoms with Gasteiger partial charge >= 0.3 is 0 Å². The summed E-state index contributed by atoms with van der Waals surface area (Å²) in [5, 5.41) is 6.03. The highest BCUT2D eigenvalue weighted by Gasteiger charge is 2.10. The lowest BCUT2D eigenvalue weighted by atomic mass is 10.2. The zero-order valence-corrected chi connectivity index (χ0v) is 12.6. The largest absolute Gasteiger partial charge is 0.351 e. The Bertz CT molecular complexity index is 416. The van der Waals surface area contributed by atoms with Crippen LogP contribution in [0.25, 0.3) is 0 Å². The lowest BCUT2D eigenvalue weighted by molar-refractivity contribution is 0.0946. The fraction of sp³-hybridized carbons (Fsp3) is 0.500. The number of nitrogens with zero attached hydrogens (tertiary/aromatic N) is 2. The summed E-state index contributed by atoms with van der Waals surface area (Å²) in [6, 6.07) is 1.19. The standard InChI is InChI=1S/C12H17FN4O.2ClH/c13-11-7-10(8-15-9-11)12(18)16-3-6-17-4-1-14-2-5-17;;/h7-9,14H,1-6H2,(H,16,18);2*1H. The van der Waals surface area contributed by atoms with Gasteiger partial charge in [0.2, 0.25) is 0 Å². The third-order valence-electron chi connectivity index (χ3n) is 2.89. The smallest absolute Gasteiger partial charge is 0.252 e. The number of rotatable bonds is 4. The highest BCUT2D eigenvalue weighted by atomic mass is 35.5. The Kier molecular flexibility index (Phi) is 9.41. The molecule has 8 heteroatoms. The van der Waals surface area contributed by atoms with Crippen LogP contribution in [0.1, 0.15) is 10.4 Å². The zero-order chi connectivity index (χ0) is 12.8. The molecule has 114 valence electrons. The minimum atomic E-state index is -0.496. The van der Waals surface area contributed by atoms with E-state index >= 15 is 0 Å². The Labute approximate surface area is 130 Å². The van der Waals surface area contributed by atoms with Gasteiger partial charge in [-0.15, -0.1) is 24.8 Å². The Morgan fingerprint density at radius 2 is 2.05 bits per heavy atom. The zero-order valence-electron chi connectivity index (χ0n) is 11.0. The van der Waals surface area contributed by atoms with Crippen molar-refractivity contribution in [3.8, 4) is 0 Å². The van der Waals surface area contributed by atoms with Crippen LogP contribution < -0.4 is 10.6 Å².